The van der Waals surface area contributed by atoms with Crippen LogP contribution in [0.15, 0.2) is 103 Å². The van der Waals surface area contributed by atoms with E-state index in [-0.39, 0.29) is 5.65 Å². The van der Waals surface area contributed by atoms with Crippen LogP contribution in [0.4, 0.5) is 10.5 Å². The number of fused-ring (bicyclic) bond motifs is 1. The standard InChI is InChI=1S/C23H18NOP/c25-23(24-22-17-9-11-18-10-7-8-16-21(18)22)26(19-12-3-1-4-13-19)20-14-5-2-6-15-20/h1-17H,(H,24,25). The predicted octanol–water partition coefficient (Wildman–Crippen LogP) is 5.50. The van der Waals surface area contributed by atoms with Gasteiger partial charge in [0.1, 0.15) is 0 Å². The highest BCUT2D eigenvalue weighted by molar-refractivity contribution is 7.88. The van der Waals surface area contributed by atoms with Gasteiger partial charge in [-0.05, 0) is 22.1 Å². The van der Waals surface area contributed by atoms with E-state index < -0.39 is 7.92 Å². The third kappa shape index (κ3) is 3.37. The van der Waals surface area contributed by atoms with Crippen LogP contribution in [0.5, 0.6) is 0 Å². The summed E-state index contributed by atoms with van der Waals surface area (Å²) in [5.74, 6) is 0. The van der Waals surface area contributed by atoms with Gasteiger partial charge in [0.15, 0.2) is 0 Å². The van der Waals surface area contributed by atoms with Crippen molar-refractivity contribution in [3.05, 3.63) is 103 Å². The molecule has 0 atom stereocenters. The molecule has 0 unspecified atom stereocenters. The number of carbonyl (C=O) groups excluding carboxylic acids is 1. The highest BCUT2D eigenvalue weighted by Gasteiger charge is 2.22. The van der Waals surface area contributed by atoms with Crippen LogP contribution < -0.4 is 15.9 Å². The van der Waals surface area contributed by atoms with E-state index in [0.29, 0.717) is 0 Å². The van der Waals surface area contributed by atoms with Crippen molar-refractivity contribution < 1.29 is 4.79 Å². The summed E-state index contributed by atoms with van der Waals surface area (Å²) in [5, 5.41) is 7.44. The summed E-state index contributed by atoms with van der Waals surface area (Å²) in [5.41, 5.74) is 0.890. The maximum Gasteiger partial charge on any atom is 0.254 e. The molecule has 3 heteroatoms. The molecule has 4 aromatic carbocycles. The molecule has 0 aliphatic heterocycles. The zero-order valence-corrected chi connectivity index (χ0v) is 15.1. The third-order valence-corrected chi connectivity index (χ3v) is 6.41. The fourth-order valence-corrected chi connectivity index (χ4v) is 4.98. The molecule has 0 radical (unpaired) electrons. The van der Waals surface area contributed by atoms with Crippen LogP contribution >= 0.6 is 7.92 Å². The van der Waals surface area contributed by atoms with Crippen molar-refractivity contribution in [1.82, 2.24) is 0 Å². The second-order valence-electron chi connectivity index (χ2n) is 5.96. The Morgan fingerprint density at radius 3 is 1.81 bits per heavy atom. The van der Waals surface area contributed by atoms with Crippen LogP contribution in [0.25, 0.3) is 10.8 Å². The Bertz CT molecular complexity index is 987. The lowest BCUT2D eigenvalue weighted by Gasteiger charge is -2.18. The summed E-state index contributed by atoms with van der Waals surface area (Å²) in [6.07, 6.45) is 0. The average molecular weight is 355 g/mol. The number of hydrogen-bond acceptors (Lipinski definition) is 1. The van der Waals surface area contributed by atoms with E-state index >= 15 is 0 Å². The Labute approximate surface area is 154 Å². The molecule has 0 fully saturated rings. The van der Waals surface area contributed by atoms with E-state index in [1.54, 1.807) is 0 Å². The number of anilines is 1. The molecule has 1 amide bonds. The van der Waals surface area contributed by atoms with Crippen LogP contribution in [0.1, 0.15) is 0 Å². The maximum atomic E-state index is 13.3. The Balaban J connectivity index is 1.73. The second kappa shape index (κ2) is 7.51. The first kappa shape index (κ1) is 16.5. The second-order valence-corrected chi connectivity index (χ2v) is 8.07. The molecule has 2 nitrogen and oxygen atoms in total. The Hall–Kier alpha value is -2.96. The molecule has 0 aromatic heterocycles. The number of nitrogens with one attached hydrogen (secondary N) is 1. The first-order valence-corrected chi connectivity index (χ1v) is 9.86. The van der Waals surface area contributed by atoms with Crippen molar-refractivity contribution in [3.8, 4) is 0 Å². The lowest BCUT2D eigenvalue weighted by atomic mass is 10.1. The van der Waals surface area contributed by atoms with Crippen LogP contribution in [0.3, 0.4) is 0 Å². The SMILES string of the molecule is O=C(Nc1cccc2ccccc12)P(c1ccccc1)c1ccccc1. The maximum absolute atomic E-state index is 13.3. The fraction of sp³-hybridized carbons (Fsp3) is 0. The van der Waals surface area contributed by atoms with E-state index in [2.05, 4.69) is 17.4 Å². The molecule has 1 N–H and O–H groups in total. The summed E-state index contributed by atoms with van der Waals surface area (Å²) in [7, 11) is -1.14. The Morgan fingerprint density at radius 2 is 1.15 bits per heavy atom. The monoisotopic (exact) mass is 355 g/mol. The minimum absolute atomic E-state index is 0.0359. The largest absolute Gasteiger partial charge is 0.321 e. The van der Waals surface area contributed by atoms with Crippen LogP contribution in [0.2, 0.25) is 0 Å². The van der Waals surface area contributed by atoms with Crippen molar-refractivity contribution >= 4 is 40.6 Å². The predicted molar refractivity (Wildman–Crippen MR) is 112 cm³/mol. The smallest absolute Gasteiger partial charge is 0.254 e. The van der Waals surface area contributed by atoms with E-state index in [4.69, 9.17) is 0 Å². The third-order valence-electron chi connectivity index (χ3n) is 4.26. The number of benzene rings is 4. The van der Waals surface area contributed by atoms with Gasteiger partial charge in [0.2, 0.25) is 0 Å². The van der Waals surface area contributed by atoms with Gasteiger partial charge in [0.05, 0.1) is 7.92 Å². The first-order chi connectivity index (χ1) is 12.8. The number of amides is 1. The van der Waals surface area contributed by atoms with Gasteiger partial charge in [-0.3, -0.25) is 4.79 Å². The average Bonchev–Trinajstić information content (AvgIpc) is 2.70. The van der Waals surface area contributed by atoms with E-state index in [1.165, 1.54) is 0 Å². The lowest BCUT2D eigenvalue weighted by Crippen LogP contribution is -2.22. The zero-order chi connectivity index (χ0) is 17.8. The summed E-state index contributed by atoms with van der Waals surface area (Å²) >= 11 is 0. The molecule has 26 heavy (non-hydrogen) atoms. The molecular formula is C23H18NOP. The van der Waals surface area contributed by atoms with Crippen LogP contribution in [-0.4, -0.2) is 5.65 Å². The summed E-state index contributed by atoms with van der Waals surface area (Å²) in [6, 6.07) is 34.1. The molecule has 126 valence electrons. The minimum Gasteiger partial charge on any atom is -0.321 e. The van der Waals surface area contributed by atoms with Gasteiger partial charge in [-0.2, -0.15) is 0 Å². The molecular weight excluding hydrogens is 337 g/mol. The van der Waals surface area contributed by atoms with Gasteiger partial charge in [-0.25, -0.2) is 0 Å². The van der Waals surface area contributed by atoms with Gasteiger partial charge in [-0.1, -0.05) is 97.1 Å². The van der Waals surface area contributed by atoms with Crippen LogP contribution in [0, 0.1) is 0 Å². The number of carbonyl (C=O) groups is 1. The van der Waals surface area contributed by atoms with Gasteiger partial charge < -0.3 is 5.32 Å². The Kier molecular flexibility index (Phi) is 4.77. The lowest BCUT2D eigenvalue weighted by molar-refractivity contribution is 0.269. The molecule has 4 aromatic rings. The first-order valence-electron chi connectivity index (χ1n) is 8.52. The molecule has 0 saturated carbocycles. The quantitative estimate of drug-likeness (QED) is 0.481. The van der Waals surface area contributed by atoms with Gasteiger partial charge in [0.25, 0.3) is 5.65 Å². The zero-order valence-electron chi connectivity index (χ0n) is 14.2. The molecule has 0 aliphatic rings. The molecule has 0 bridgehead atoms. The Morgan fingerprint density at radius 1 is 0.615 bits per heavy atom. The summed E-state index contributed by atoms with van der Waals surface area (Å²) in [4.78, 5) is 13.3. The minimum atomic E-state index is -1.14. The molecule has 0 aliphatic carbocycles. The van der Waals surface area contributed by atoms with Crippen molar-refractivity contribution in [2.45, 2.75) is 0 Å². The van der Waals surface area contributed by atoms with E-state index in [9.17, 15) is 4.79 Å². The topological polar surface area (TPSA) is 29.1 Å². The van der Waals surface area contributed by atoms with E-state index in [0.717, 1.165) is 27.1 Å². The van der Waals surface area contributed by atoms with Gasteiger partial charge in [0, 0.05) is 11.1 Å². The normalized spacial score (nSPS) is 10.8. The van der Waals surface area contributed by atoms with Crippen LogP contribution in [-0.2, 0) is 0 Å². The van der Waals surface area contributed by atoms with Gasteiger partial charge in [-0.15, -0.1) is 0 Å². The van der Waals surface area contributed by atoms with Crippen molar-refractivity contribution in [2.24, 2.45) is 0 Å². The summed E-state index contributed by atoms with van der Waals surface area (Å²) in [6.45, 7) is 0. The van der Waals surface area contributed by atoms with Crippen molar-refractivity contribution in [1.29, 1.82) is 0 Å². The highest BCUT2D eigenvalue weighted by atomic mass is 31.1. The van der Waals surface area contributed by atoms with Gasteiger partial charge >= 0.3 is 0 Å². The van der Waals surface area contributed by atoms with Crippen molar-refractivity contribution in [2.75, 3.05) is 5.32 Å². The molecule has 4 rings (SSSR count). The number of hydrogen-bond donors (Lipinski definition) is 1. The molecule has 0 saturated heterocycles. The molecule has 0 spiro atoms. The number of rotatable bonds is 4. The fourth-order valence-electron chi connectivity index (χ4n) is 3.04. The van der Waals surface area contributed by atoms with Crippen molar-refractivity contribution in [3.63, 3.8) is 0 Å². The van der Waals surface area contributed by atoms with E-state index in [1.807, 2.05) is 91.0 Å². The summed E-state index contributed by atoms with van der Waals surface area (Å²) < 4.78 is 0. The molecule has 0 heterocycles. The highest BCUT2D eigenvalue weighted by Crippen LogP contribution is 2.36.